The van der Waals surface area contributed by atoms with Gasteiger partial charge in [0.25, 0.3) is 0 Å². The summed E-state index contributed by atoms with van der Waals surface area (Å²) in [6, 6.07) is 14.2. The number of benzene rings is 1. The third kappa shape index (κ3) is 4.97. The van der Waals surface area contributed by atoms with Gasteiger partial charge in [0.1, 0.15) is 0 Å². The zero-order chi connectivity index (χ0) is 16.6. The van der Waals surface area contributed by atoms with Crippen LogP contribution in [0.1, 0.15) is 5.56 Å². The SMILES string of the molecule is O=C(CSCc1ccccc1)NCCn1ccc(-c2ccsc2)n1. The van der Waals surface area contributed by atoms with E-state index in [1.54, 1.807) is 23.1 Å². The first-order valence-corrected chi connectivity index (χ1v) is 9.85. The number of hydrogen-bond donors (Lipinski definition) is 1. The molecule has 0 unspecified atom stereocenters. The van der Waals surface area contributed by atoms with Gasteiger partial charge in [-0.1, -0.05) is 30.3 Å². The molecule has 0 aliphatic heterocycles. The summed E-state index contributed by atoms with van der Waals surface area (Å²) < 4.78 is 1.87. The van der Waals surface area contributed by atoms with Crippen molar-refractivity contribution in [1.82, 2.24) is 15.1 Å². The van der Waals surface area contributed by atoms with E-state index in [1.165, 1.54) is 5.56 Å². The molecule has 0 spiro atoms. The maximum absolute atomic E-state index is 11.9. The van der Waals surface area contributed by atoms with Gasteiger partial charge in [-0.2, -0.15) is 16.4 Å². The average Bonchev–Trinajstić information content (AvgIpc) is 3.27. The van der Waals surface area contributed by atoms with Crippen LogP contribution in [0.3, 0.4) is 0 Å². The summed E-state index contributed by atoms with van der Waals surface area (Å²) in [6.07, 6.45) is 1.95. The maximum atomic E-state index is 11.9. The highest BCUT2D eigenvalue weighted by molar-refractivity contribution is 7.99. The molecule has 0 bridgehead atoms. The number of carbonyl (C=O) groups excluding carboxylic acids is 1. The van der Waals surface area contributed by atoms with Gasteiger partial charge in [0, 0.05) is 29.4 Å². The van der Waals surface area contributed by atoms with Crippen LogP contribution < -0.4 is 5.32 Å². The Morgan fingerprint density at radius 2 is 2.08 bits per heavy atom. The van der Waals surface area contributed by atoms with Crippen LogP contribution in [0.4, 0.5) is 0 Å². The highest BCUT2D eigenvalue weighted by Gasteiger charge is 2.04. The first-order valence-electron chi connectivity index (χ1n) is 7.75. The minimum absolute atomic E-state index is 0.0705. The molecule has 24 heavy (non-hydrogen) atoms. The second-order valence-corrected chi connectivity index (χ2v) is 7.07. The van der Waals surface area contributed by atoms with E-state index in [2.05, 4.69) is 34.0 Å². The van der Waals surface area contributed by atoms with Gasteiger partial charge in [0.15, 0.2) is 0 Å². The molecule has 0 aliphatic rings. The van der Waals surface area contributed by atoms with Gasteiger partial charge in [-0.3, -0.25) is 9.48 Å². The number of aromatic nitrogens is 2. The highest BCUT2D eigenvalue weighted by atomic mass is 32.2. The van der Waals surface area contributed by atoms with Gasteiger partial charge in [-0.05, 0) is 23.1 Å². The summed E-state index contributed by atoms with van der Waals surface area (Å²) in [7, 11) is 0. The highest BCUT2D eigenvalue weighted by Crippen LogP contribution is 2.19. The van der Waals surface area contributed by atoms with Crippen LogP contribution in [0.25, 0.3) is 11.3 Å². The molecule has 1 N–H and O–H groups in total. The molecule has 0 aliphatic carbocycles. The molecule has 1 amide bonds. The lowest BCUT2D eigenvalue weighted by Crippen LogP contribution is -2.28. The normalized spacial score (nSPS) is 10.7. The number of amides is 1. The zero-order valence-electron chi connectivity index (χ0n) is 13.2. The largest absolute Gasteiger partial charge is 0.354 e. The third-order valence-corrected chi connectivity index (χ3v) is 5.15. The van der Waals surface area contributed by atoms with Crippen molar-refractivity contribution < 1.29 is 4.79 Å². The van der Waals surface area contributed by atoms with Crippen molar-refractivity contribution in [3.05, 3.63) is 65.0 Å². The van der Waals surface area contributed by atoms with Crippen LogP contribution >= 0.6 is 23.1 Å². The molecular formula is C18H19N3OS2. The van der Waals surface area contributed by atoms with Crippen molar-refractivity contribution in [3.8, 4) is 11.3 Å². The fourth-order valence-corrected chi connectivity index (χ4v) is 3.71. The molecule has 3 rings (SSSR count). The fourth-order valence-electron chi connectivity index (χ4n) is 2.25. The van der Waals surface area contributed by atoms with Gasteiger partial charge >= 0.3 is 0 Å². The van der Waals surface area contributed by atoms with Crippen LogP contribution in [-0.4, -0.2) is 28.0 Å². The van der Waals surface area contributed by atoms with E-state index in [0.29, 0.717) is 18.8 Å². The molecule has 2 heterocycles. The molecule has 1 aromatic carbocycles. The quantitative estimate of drug-likeness (QED) is 0.669. The molecule has 0 saturated heterocycles. The Bertz CT molecular complexity index is 754. The predicted molar refractivity (Wildman–Crippen MR) is 101 cm³/mol. The number of hydrogen-bond acceptors (Lipinski definition) is 4. The Labute approximate surface area is 149 Å². The lowest BCUT2D eigenvalue weighted by molar-refractivity contribution is -0.118. The molecule has 2 aromatic heterocycles. The standard InChI is InChI=1S/C18H19N3OS2/c22-18(14-24-12-15-4-2-1-3-5-15)19-8-10-21-9-6-17(20-21)16-7-11-23-13-16/h1-7,9,11,13H,8,10,12,14H2,(H,19,22). The van der Waals surface area contributed by atoms with Gasteiger partial charge in [-0.25, -0.2) is 0 Å². The molecule has 0 atom stereocenters. The molecular weight excluding hydrogens is 338 g/mol. The monoisotopic (exact) mass is 357 g/mol. The Kier molecular flexibility index (Phi) is 6.09. The van der Waals surface area contributed by atoms with Crippen molar-refractivity contribution >= 4 is 29.0 Å². The van der Waals surface area contributed by atoms with Crippen molar-refractivity contribution in [3.63, 3.8) is 0 Å². The van der Waals surface area contributed by atoms with Gasteiger partial charge in [0.2, 0.25) is 5.91 Å². The smallest absolute Gasteiger partial charge is 0.230 e. The lowest BCUT2D eigenvalue weighted by atomic mass is 10.2. The Morgan fingerprint density at radius 1 is 1.21 bits per heavy atom. The van der Waals surface area contributed by atoms with Crippen molar-refractivity contribution in [1.29, 1.82) is 0 Å². The Balaban J connectivity index is 1.35. The van der Waals surface area contributed by atoms with Gasteiger partial charge in [-0.15, -0.1) is 11.8 Å². The van der Waals surface area contributed by atoms with Gasteiger partial charge < -0.3 is 5.32 Å². The van der Waals surface area contributed by atoms with E-state index in [4.69, 9.17) is 0 Å². The van der Waals surface area contributed by atoms with E-state index in [1.807, 2.05) is 40.5 Å². The average molecular weight is 358 g/mol. The molecule has 0 fully saturated rings. The van der Waals surface area contributed by atoms with E-state index >= 15 is 0 Å². The Hall–Kier alpha value is -2.05. The minimum atomic E-state index is 0.0705. The molecule has 3 aromatic rings. The number of thiophene rings is 1. The number of nitrogens with zero attached hydrogens (tertiary/aromatic N) is 2. The summed E-state index contributed by atoms with van der Waals surface area (Å²) in [4.78, 5) is 11.9. The number of nitrogens with one attached hydrogen (secondary N) is 1. The zero-order valence-corrected chi connectivity index (χ0v) is 14.9. The van der Waals surface area contributed by atoms with E-state index in [9.17, 15) is 4.79 Å². The molecule has 124 valence electrons. The molecule has 0 saturated carbocycles. The third-order valence-electron chi connectivity index (χ3n) is 3.47. The lowest BCUT2D eigenvalue weighted by Gasteiger charge is -2.05. The number of thioether (sulfide) groups is 1. The molecule has 4 nitrogen and oxygen atoms in total. The number of carbonyl (C=O) groups is 1. The number of rotatable bonds is 8. The Morgan fingerprint density at radius 3 is 2.88 bits per heavy atom. The molecule has 6 heteroatoms. The van der Waals surface area contributed by atoms with E-state index < -0.39 is 0 Å². The van der Waals surface area contributed by atoms with Crippen molar-refractivity contribution in [2.45, 2.75) is 12.3 Å². The summed E-state index contributed by atoms with van der Waals surface area (Å²) in [5.41, 5.74) is 3.36. The summed E-state index contributed by atoms with van der Waals surface area (Å²) in [5.74, 6) is 1.41. The van der Waals surface area contributed by atoms with Crippen LogP contribution in [0.15, 0.2) is 59.4 Å². The fraction of sp³-hybridized carbons (Fsp3) is 0.222. The predicted octanol–water partition coefficient (Wildman–Crippen LogP) is 3.66. The van der Waals surface area contributed by atoms with Crippen LogP contribution in [-0.2, 0) is 17.1 Å². The van der Waals surface area contributed by atoms with Crippen molar-refractivity contribution in [2.24, 2.45) is 0 Å². The van der Waals surface area contributed by atoms with Crippen molar-refractivity contribution in [2.75, 3.05) is 12.3 Å². The first-order chi connectivity index (χ1) is 11.8. The van der Waals surface area contributed by atoms with E-state index in [0.717, 1.165) is 17.0 Å². The molecule has 0 radical (unpaired) electrons. The maximum Gasteiger partial charge on any atom is 0.230 e. The van der Waals surface area contributed by atoms with Gasteiger partial charge in [0.05, 0.1) is 18.0 Å². The van der Waals surface area contributed by atoms with E-state index in [-0.39, 0.29) is 5.91 Å². The van der Waals surface area contributed by atoms with Crippen LogP contribution in [0.5, 0.6) is 0 Å². The van der Waals surface area contributed by atoms with Crippen LogP contribution in [0.2, 0.25) is 0 Å². The first kappa shape index (κ1) is 16.8. The van der Waals surface area contributed by atoms with Crippen LogP contribution in [0, 0.1) is 0 Å². The topological polar surface area (TPSA) is 46.9 Å². The second kappa shape index (κ2) is 8.70. The second-order valence-electron chi connectivity index (χ2n) is 5.30. The summed E-state index contributed by atoms with van der Waals surface area (Å²) >= 11 is 3.29. The summed E-state index contributed by atoms with van der Waals surface area (Å²) in [5, 5.41) is 11.6. The summed E-state index contributed by atoms with van der Waals surface area (Å²) in [6.45, 7) is 1.27. The minimum Gasteiger partial charge on any atom is -0.354 e.